The minimum absolute atomic E-state index is 0.206. The van der Waals surface area contributed by atoms with Crippen LogP contribution in [0.25, 0.3) is 5.57 Å². The number of nitrogens with two attached hydrogens (primary N) is 1. The third-order valence-electron chi connectivity index (χ3n) is 5.70. The molecular formula is C26H37F5N2S. The van der Waals surface area contributed by atoms with Crippen LogP contribution in [0.5, 0.6) is 0 Å². The lowest BCUT2D eigenvalue weighted by molar-refractivity contribution is -0.231. The summed E-state index contributed by atoms with van der Waals surface area (Å²) in [7, 11) is 0. The van der Waals surface area contributed by atoms with E-state index in [1.54, 1.807) is 11.8 Å². The first-order valence-electron chi connectivity index (χ1n) is 11.4. The molecule has 1 saturated carbocycles. The molecule has 0 spiro atoms. The molecule has 0 aliphatic heterocycles. The van der Waals surface area contributed by atoms with Gasteiger partial charge >= 0.3 is 6.18 Å². The summed E-state index contributed by atoms with van der Waals surface area (Å²) in [6.45, 7) is 11.7. The standard InChI is InChI=1S/C21H29NS.C5H8F5N/c1-16-10-12-21(13-11-16)17(2)15-23-19(4)22-18(3)14-20-8-6-5-7-9-20;1-4(6,7)3(2-11)5(8,9)10/h10-13,15,20,22H,3-9,14H2,1-2H3;3H,2,11H2,1H3/b17-15+;. The lowest BCUT2D eigenvalue weighted by atomic mass is 9.86. The maximum absolute atomic E-state index is 12.1. The maximum Gasteiger partial charge on any atom is 0.398 e. The predicted molar refractivity (Wildman–Crippen MR) is 134 cm³/mol. The molecule has 0 radical (unpaired) electrons. The number of thioether (sulfide) groups is 1. The summed E-state index contributed by atoms with van der Waals surface area (Å²) in [5.74, 6) is -5.73. The molecule has 1 aromatic rings. The van der Waals surface area contributed by atoms with Crippen LogP contribution in [0.2, 0.25) is 0 Å². The van der Waals surface area contributed by atoms with Gasteiger partial charge in [-0.15, -0.1) is 0 Å². The molecule has 1 atom stereocenters. The Balaban J connectivity index is 0.000000445. The zero-order valence-corrected chi connectivity index (χ0v) is 21.1. The summed E-state index contributed by atoms with van der Waals surface area (Å²) in [4.78, 5) is 0. The van der Waals surface area contributed by atoms with E-state index in [0.29, 0.717) is 0 Å². The van der Waals surface area contributed by atoms with Crippen molar-refractivity contribution in [1.82, 2.24) is 5.32 Å². The van der Waals surface area contributed by atoms with Crippen molar-refractivity contribution >= 4 is 17.3 Å². The highest BCUT2D eigenvalue weighted by Gasteiger charge is 2.51. The van der Waals surface area contributed by atoms with Gasteiger partial charge in [0, 0.05) is 19.2 Å². The highest BCUT2D eigenvalue weighted by molar-refractivity contribution is 8.05. The number of hydrogen-bond donors (Lipinski definition) is 2. The number of nitrogens with one attached hydrogen (secondary N) is 1. The minimum atomic E-state index is -4.92. The lowest BCUT2D eigenvalue weighted by Crippen LogP contribution is -2.42. The van der Waals surface area contributed by atoms with Crippen LogP contribution in [-0.4, -0.2) is 18.6 Å². The van der Waals surface area contributed by atoms with E-state index in [9.17, 15) is 22.0 Å². The molecule has 1 fully saturated rings. The number of hydrogen-bond acceptors (Lipinski definition) is 3. The van der Waals surface area contributed by atoms with Crippen molar-refractivity contribution in [1.29, 1.82) is 0 Å². The summed E-state index contributed by atoms with van der Waals surface area (Å²) in [6.07, 6.45) is 3.03. The van der Waals surface area contributed by atoms with Crippen LogP contribution in [0.1, 0.15) is 63.5 Å². The zero-order chi connectivity index (χ0) is 25.9. The average molecular weight is 505 g/mol. The van der Waals surface area contributed by atoms with Gasteiger partial charge in [-0.1, -0.05) is 86.9 Å². The summed E-state index contributed by atoms with van der Waals surface area (Å²) < 4.78 is 59.1. The number of aryl methyl sites for hydroxylation is 1. The van der Waals surface area contributed by atoms with Crippen molar-refractivity contribution in [2.24, 2.45) is 17.6 Å². The van der Waals surface area contributed by atoms with Crippen molar-refractivity contribution in [3.05, 3.63) is 64.7 Å². The van der Waals surface area contributed by atoms with E-state index in [1.807, 2.05) is 0 Å². The average Bonchev–Trinajstić information content (AvgIpc) is 2.72. The molecule has 0 amide bonds. The number of allylic oxidation sites excluding steroid dienone is 2. The second kappa shape index (κ2) is 13.9. The third kappa shape index (κ3) is 11.6. The highest BCUT2D eigenvalue weighted by atomic mass is 32.2. The van der Waals surface area contributed by atoms with E-state index < -0.39 is 24.6 Å². The van der Waals surface area contributed by atoms with Crippen molar-refractivity contribution < 1.29 is 22.0 Å². The fraction of sp³-hybridized carbons (Fsp3) is 0.538. The van der Waals surface area contributed by atoms with E-state index in [1.165, 1.54) is 48.8 Å². The maximum atomic E-state index is 12.1. The SMILES string of the molecule is C=C(CC1CCCCC1)NC(=C)S/C=C(\C)c1ccc(C)cc1.CC(F)(F)C(CN)C(F)(F)F. The molecule has 0 heterocycles. The van der Waals surface area contributed by atoms with Crippen LogP contribution in [0.4, 0.5) is 22.0 Å². The number of halogens is 5. The van der Waals surface area contributed by atoms with E-state index in [-0.39, 0.29) is 6.92 Å². The number of benzene rings is 1. The van der Waals surface area contributed by atoms with Crippen molar-refractivity contribution in [2.75, 3.05) is 6.54 Å². The van der Waals surface area contributed by atoms with Crippen molar-refractivity contribution in [2.45, 2.75) is 71.4 Å². The first kappa shape index (κ1) is 30.2. The van der Waals surface area contributed by atoms with Gasteiger partial charge in [0.05, 0.1) is 5.03 Å². The summed E-state index contributed by atoms with van der Waals surface area (Å²) in [5, 5.41) is 6.49. The molecular weight excluding hydrogens is 467 g/mol. The molecule has 2 rings (SSSR count). The topological polar surface area (TPSA) is 38.0 Å². The first-order valence-corrected chi connectivity index (χ1v) is 12.3. The van der Waals surface area contributed by atoms with Gasteiger partial charge in [-0.05, 0) is 42.7 Å². The molecule has 1 aromatic carbocycles. The second-order valence-corrected chi connectivity index (χ2v) is 9.90. The van der Waals surface area contributed by atoms with Gasteiger partial charge in [-0.3, -0.25) is 0 Å². The third-order valence-corrected chi connectivity index (χ3v) is 6.56. The number of alkyl halides is 5. The lowest BCUT2D eigenvalue weighted by Gasteiger charge is -2.23. The van der Waals surface area contributed by atoms with Crippen LogP contribution in [0, 0.1) is 18.8 Å². The van der Waals surface area contributed by atoms with E-state index in [4.69, 9.17) is 0 Å². The smallest absolute Gasteiger partial charge is 0.354 e. The highest BCUT2D eigenvalue weighted by Crippen LogP contribution is 2.36. The van der Waals surface area contributed by atoms with Crippen LogP contribution in [0.3, 0.4) is 0 Å². The molecule has 0 bridgehead atoms. The summed E-state index contributed by atoms with van der Waals surface area (Å²) >= 11 is 1.65. The molecule has 0 saturated heterocycles. The van der Waals surface area contributed by atoms with Crippen molar-refractivity contribution in [3.63, 3.8) is 0 Å². The largest absolute Gasteiger partial charge is 0.398 e. The Labute approximate surface area is 205 Å². The van der Waals surface area contributed by atoms with E-state index in [0.717, 1.165) is 23.1 Å². The van der Waals surface area contributed by atoms with Crippen LogP contribution >= 0.6 is 11.8 Å². The Kier molecular flexibility index (Phi) is 12.4. The molecule has 2 nitrogen and oxygen atoms in total. The minimum Gasteiger partial charge on any atom is -0.354 e. The van der Waals surface area contributed by atoms with Crippen LogP contribution in [-0.2, 0) is 0 Å². The quantitative estimate of drug-likeness (QED) is 0.332. The molecule has 8 heteroatoms. The van der Waals surface area contributed by atoms with Gasteiger partial charge < -0.3 is 11.1 Å². The molecule has 192 valence electrons. The Morgan fingerprint density at radius 1 is 1.12 bits per heavy atom. The van der Waals surface area contributed by atoms with Gasteiger partial charge in [0.15, 0.2) is 0 Å². The molecule has 0 aromatic heterocycles. The number of rotatable bonds is 9. The molecule has 34 heavy (non-hydrogen) atoms. The van der Waals surface area contributed by atoms with Crippen molar-refractivity contribution in [3.8, 4) is 0 Å². The Hall–Kier alpha value is -1.80. The fourth-order valence-electron chi connectivity index (χ4n) is 3.69. The Morgan fingerprint density at radius 3 is 2.12 bits per heavy atom. The molecule has 3 N–H and O–H groups in total. The van der Waals surface area contributed by atoms with Crippen LogP contribution < -0.4 is 11.1 Å². The molecule has 1 aliphatic carbocycles. The Bertz CT molecular complexity index is 790. The van der Waals surface area contributed by atoms with Gasteiger partial charge in [-0.25, -0.2) is 8.78 Å². The Morgan fingerprint density at radius 2 is 1.68 bits per heavy atom. The zero-order valence-electron chi connectivity index (χ0n) is 20.3. The fourth-order valence-corrected chi connectivity index (χ4v) is 4.35. The molecule has 1 unspecified atom stereocenters. The van der Waals surface area contributed by atoms with Gasteiger partial charge in [0.1, 0.15) is 5.92 Å². The normalized spacial score (nSPS) is 16.3. The predicted octanol–water partition coefficient (Wildman–Crippen LogP) is 8.41. The van der Waals surface area contributed by atoms with E-state index in [2.05, 4.69) is 67.7 Å². The van der Waals surface area contributed by atoms with Crippen LogP contribution in [0.15, 0.2) is 53.6 Å². The summed E-state index contributed by atoms with van der Waals surface area (Å²) in [5.41, 5.74) is 9.46. The van der Waals surface area contributed by atoms with Gasteiger partial charge in [-0.2, -0.15) is 13.2 Å². The molecule has 1 aliphatic rings. The van der Waals surface area contributed by atoms with E-state index >= 15 is 0 Å². The second-order valence-electron chi connectivity index (χ2n) is 8.93. The van der Waals surface area contributed by atoms with Gasteiger partial charge in [0.2, 0.25) is 0 Å². The van der Waals surface area contributed by atoms with Gasteiger partial charge in [0.25, 0.3) is 5.92 Å². The first-order chi connectivity index (χ1) is 15.7. The monoisotopic (exact) mass is 504 g/mol. The summed E-state index contributed by atoms with van der Waals surface area (Å²) in [6, 6.07) is 8.63.